The Labute approximate surface area is 145 Å². The van der Waals surface area contributed by atoms with E-state index < -0.39 is 0 Å². The average Bonchev–Trinajstić information content (AvgIpc) is 2.43. The Balaban J connectivity index is 2.33. The molecule has 0 saturated heterocycles. The topological polar surface area (TPSA) is 46.5 Å². The summed E-state index contributed by atoms with van der Waals surface area (Å²) in [5, 5.41) is 10.5. The zero-order chi connectivity index (χ0) is 17.1. The van der Waals surface area contributed by atoms with E-state index in [-0.39, 0.29) is 23.9 Å². The van der Waals surface area contributed by atoms with Gasteiger partial charge in [0.1, 0.15) is 17.3 Å². The van der Waals surface area contributed by atoms with Gasteiger partial charge in [-0.2, -0.15) is 0 Å². The molecule has 0 bridgehead atoms. The summed E-state index contributed by atoms with van der Waals surface area (Å²) in [4.78, 5) is 11.2. The Kier molecular flexibility index (Phi) is 5.55. The lowest BCUT2D eigenvalue weighted by atomic mass is 10.0. The summed E-state index contributed by atoms with van der Waals surface area (Å²) in [5.41, 5.74) is 1.52. The molecule has 122 valence electrons. The van der Waals surface area contributed by atoms with Gasteiger partial charge in [-0.25, -0.2) is 0 Å². The van der Waals surface area contributed by atoms with Crippen LogP contribution in [0.15, 0.2) is 30.3 Å². The molecule has 2 rings (SSSR count). The molecule has 0 aliphatic heterocycles. The number of halogens is 2. The molecular weight excluding hydrogens is 335 g/mol. The van der Waals surface area contributed by atoms with E-state index in [0.29, 0.717) is 21.5 Å². The van der Waals surface area contributed by atoms with Crippen molar-refractivity contribution in [3.8, 4) is 17.2 Å². The third-order valence-corrected chi connectivity index (χ3v) is 3.91. The minimum Gasteiger partial charge on any atom is -0.508 e. The second-order valence-corrected chi connectivity index (χ2v) is 6.56. The summed E-state index contributed by atoms with van der Waals surface area (Å²) in [6, 6.07) is 8.34. The summed E-state index contributed by atoms with van der Waals surface area (Å²) in [7, 11) is 0. The van der Waals surface area contributed by atoms with E-state index in [0.717, 1.165) is 11.1 Å². The molecule has 0 saturated carbocycles. The van der Waals surface area contributed by atoms with E-state index in [9.17, 15) is 9.90 Å². The normalized spacial score (nSPS) is 10.9. The summed E-state index contributed by atoms with van der Waals surface area (Å²) >= 11 is 12.5. The molecule has 0 spiro atoms. The standard InChI is InChI=1S/C18H18Cl2O3/c1-10(2)14-9-13(4-5-17(14)22)23-18-15(19)7-12(6-11(3)21)8-16(18)20/h4-5,7-10,22H,6H2,1-3H3. The molecule has 0 unspecified atom stereocenters. The molecule has 2 aromatic rings. The first-order chi connectivity index (χ1) is 10.8. The second-order valence-electron chi connectivity index (χ2n) is 5.74. The van der Waals surface area contributed by atoms with Crippen LogP contribution in [0, 0.1) is 0 Å². The van der Waals surface area contributed by atoms with Gasteiger partial charge < -0.3 is 9.84 Å². The highest BCUT2D eigenvalue weighted by molar-refractivity contribution is 6.37. The summed E-state index contributed by atoms with van der Waals surface area (Å²) < 4.78 is 5.79. The number of hydrogen-bond donors (Lipinski definition) is 1. The van der Waals surface area contributed by atoms with Gasteiger partial charge in [-0.1, -0.05) is 37.0 Å². The van der Waals surface area contributed by atoms with Crippen molar-refractivity contribution in [2.45, 2.75) is 33.1 Å². The third-order valence-electron chi connectivity index (χ3n) is 3.35. The van der Waals surface area contributed by atoms with Gasteiger partial charge in [0.25, 0.3) is 0 Å². The van der Waals surface area contributed by atoms with E-state index in [1.165, 1.54) is 6.92 Å². The molecular formula is C18H18Cl2O3. The Hall–Kier alpha value is -1.71. The van der Waals surface area contributed by atoms with Crippen molar-refractivity contribution in [2.75, 3.05) is 0 Å². The van der Waals surface area contributed by atoms with Gasteiger partial charge in [0.2, 0.25) is 0 Å². The number of benzene rings is 2. The molecule has 0 aliphatic carbocycles. The fourth-order valence-corrected chi connectivity index (χ4v) is 2.89. The van der Waals surface area contributed by atoms with Crippen LogP contribution in [0.25, 0.3) is 0 Å². The third kappa shape index (κ3) is 4.40. The minimum absolute atomic E-state index is 0.0333. The summed E-state index contributed by atoms with van der Waals surface area (Å²) in [6.07, 6.45) is 0.274. The average molecular weight is 353 g/mol. The highest BCUT2D eigenvalue weighted by atomic mass is 35.5. The molecule has 0 aromatic heterocycles. The maximum atomic E-state index is 11.2. The van der Waals surface area contributed by atoms with Crippen molar-refractivity contribution in [1.82, 2.24) is 0 Å². The number of aromatic hydroxyl groups is 1. The molecule has 0 heterocycles. The smallest absolute Gasteiger partial charge is 0.164 e. The van der Waals surface area contributed by atoms with Gasteiger partial charge >= 0.3 is 0 Å². The minimum atomic E-state index is 0.0333. The summed E-state index contributed by atoms with van der Waals surface area (Å²) in [5.74, 6) is 1.28. The largest absolute Gasteiger partial charge is 0.508 e. The lowest BCUT2D eigenvalue weighted by Gasteiger charge is -2.14. The van der Waals surface area contributed by atoms with Crippen molar-refractivity contribution in [2.24, 2.45) is 0 Å². The molecule has 0 fully saturated rings. The molecule has 1 N–H and O–H groups in total. The number of rotatable bonds is 5. The van der Waals surface area contributed by atoms with Crippen molar-refractivity contribution in [3.63, 3.8) is 0 Å². The zero-order valence-corrected chi connectivity index (χ0v) is 14.7. The first kappa shape index (κ1) is 17.6. The SMILES string of the molecule is CC(=O)Cc1cc(Cl)c(Oc2ccc(O)c(C(C)C)c2)c(Cl)c1. The molecule has 23 heavy (non-hydrogen) atoms. The van der Waals surface area contributed by atoms with Crippen molar-refractivity contribution in [1.29, 1.82) is 0 Å². The van der Waals surface area contributed by atoms with Crippen LogP contribution in [0.2, 0.25) is 10.0 Å². The zero-order valence-electron chi connectivity index (χ0n) is 13.2. The molecule has 5 heteroatoms. The molecule has 3 nitrogen and oxygen atoms in total. The van der Waals surface area contributed by atoms with E-state index in [4.69, 9.17) is 27.9 Å². The first-order valence-corrected chi connectivity index (χ1v) is 8.01. The number of carbonyl (C=O) groups excluding carboxylic acids is 1. The number of ketones is 1. The van der Waals surface area contributed by atoms with Crippen molar-refractivity contribution >= 4 is 29.0 Å². The van der Waals surface area contributed by atoms with Gasteiger partial charge in [0, 0.05) is 12.0 Å². The highest BCUT2D eigenvalue weighted by Crippen LogP contribution is 2.39. The Morgan fingerprint density at radius 3 is 2.30 bits per heavy atom. The van der Waals surface area contributed by atoms with Crippen LogP contribution in [0.1, 0.15) is 37.8 Å². The number of phenolic OH excluding ortho intramolecular Hbond substituents is 1. The quantitative estimate of drug-likeness (QED) is 0.745. The molecule has 0 radical (unpaired) electrons. The second kappa shape index (κ2) is 7.24. The number of hydrogen-bond acceptors (Lipinski definition) is 3. The highest BCUT2D eigenvalue weighted by Gasteiger charge is 2.14. The van der Waals surface area contributed by atoms with Crippen LogP contribution < -0.4 is 4.74 Å². The number of phenols is 1. The first-order valence-electron chi connectivity index (χ1n) is 7.26. The fraction of sp³-hybridized carbons (Fsp3) is 0.278. The van der Waals surface area contributed by atoms with Crippen molar-refractivity contribution < 1.29 is 14.6 Å². The van der Waals surface area contributed by atoms with Crippen LogP contribution >= 0.6 is 23.2 Å². The molecule has 0 aliphatic rings. The molecule has 2 aromatic carbocycles. The Morgan fingerprint density at radius 2 is 1.78 bits per heavy atom. The predicted octanol–water partition coefficient (Wildman–Crippen LogP) is 5.75. The summed E-state index contributed by atoms with van der Waals surface area (Å²) in [6.45, 7) is 5.47. The van der Waals surface area contributed by atoms with Gasteiger partial charge in [-0.05, 0) is 48.7 Å². The van der Waals surface area contributed by atoms with Crippen LogP contribution in [-0.2, 0) is 11.2 Å². The fourth-order valence-electron chi connectivity index (χ4n) is 2.28. The van der Waals surface area contributed by atoms with E-state index >= 15 is 0 Å². The van der Waals surface area contributed by atoms with Gasteiger partial charge in [-0.3, -0.25) is 4.79 Å². The maximum absolute atomic E-state index is 11.2. The monoisotopic (exact) mass is 352 g/mol. The lowest BCUT2D eigenvalue weighted by molar-refractivity contribution is -0.116. The maximum Gasteiger partial charge on any atom is 0.164 e. The van der Waals surface area contributed by atoms with Crippen LogP contribution in [0.4, 0.5) is 0 Å². The van der Waals surface area contributed by atoms with E-state index in [1.54, 1.807) is 30.3 Å². The van der Waals surface area contributed by atoms with Gasteiger partial charge in [0.05, 0.1) is 10.0 Å². The molecule has 0 atom stereocenters. The van der Waals surface area contributed by atoms with Gasteiger partial charge in [0.15, 0.2) is 5.75 Å². The van der Waals surface area contributed by atoms with Crippen LogP contribution in [0.3, 0.4) is 0 Å². The number of Topliss-reactive ketones (excluding diaryl/α,β-unsaturated/α-hetero) is 1. The van der Waals surface area contributed by atoms with Crippen LogP contribution in [-0.4, -0.2) is 10.9 Å². The lowest BCUT2D eigenvalue weighted by Crippen LogP contribution is -1.97. The molecule has 0 amide bonds. The van der Waals surface area contributed by atoms with Gasteiger partial charge in [-0.15, -0.1) is 0 Å². The van der Waals surface area contributed by atoms with Crippen LogP contribution in [0.5, 0.6) is 17.2 Å². The number of ether oxygens (including phenoxy) is 1. The Morgan fingerprint density at radius 1 is 1.17 bits per heavy atom. The van der Waals surface area contributed by atoms with E-state index in [1.807, 2.05) is 13.8 Å². The van der Waals surface area contributed by atoms with Crippen molar-refractivity contribution in [3.05, 3.63) is 51.5 Å². The predicted molar refractivity (Wildman–Crippen MR) is 93.1 cm³/mol. The van der Waals surface area contributed by atoms with E-state index in [2.05, 4.69) is 0 Å². The number of carbonyl (C=O) groups is 1. The Bertz CT molecular complexity index is 716.